The van der Waals surface area contributed by atoms with E-state index in [9.17, 15) is 4.79 Å². The Morgan fingerprint density at radius 2 is 1.68 bits per heavy atom. The van der Waals surface area contributed by atoms with Crippen LogP contribution in [0.5, 0.6) is 0 Å². The minimum atomic E-state index is -0.581. The highest BCUT2D eigenvalue weighted by atomic mass is 16.3. The van der Waals surface area contributed by atoms with Crippen LogP contribution in [0.2, 0.25) is 0 Å². The maximum absolute atomic E-state index is 12.8. The third kappa shape index (κ3) is 4.20. The zero-order valence-corrected chi connectivity index (χ0v) is 14.5. The first kappa shape index (κ1) is 17.5. The highest BCUT2D eigenvalue weighted by Gasteiger charge is 2.39. The van der Waals surface area contributed by atoms with Gasteiger partial charge in [-0.1, -0.05) is 61.7 Å². The Bertz CT molecular complexity index is 694. The lowest BCUT2D eigenvalue weighted by atomic mass is 9.80. The number of anilines is 1. The number of carbonyl (C=O) groups is 1. The molecule has 0 atom stereocenters. The van der Waals surface area contributed by atoms with E-state index < -0.39 is 5.54 Å². The van der Waals surface area contributed by atoms with Gasteiger partial charge in [-0.3, -0.25) is 4.79 Å². The van der Waals surface area contributed by atoms with Gasteiger partial charge in [-0.2, -0.15) is 0 Å². The van der Waals surface area contributed by atoms with E-state index in [2.05, 4.69) is 34.9 Å². The van der Waals surface area contributed by atoms with E-state index >= 15 is 0 Å². The lowest BCUT2D eigenvalue weighted by Gasteiger charge is -2.37. The van der Waals surface area contributed by atoms with Crippen molar-refractivity contribution < 1.29 is 9.90 Å². The summed E-state index contributed by atoms with van der Waals surface area (Å²) in [4.78, 5) is 12.8. The molecule has 4 heteroatoms. The molecule has 132 valence electrons. The van der Waals surface area contributed by atoms with Crippen LogP contribution in [0.1, 0.15) is 32.1 Å². The number of aliphatic hydroxyl groups excluding tert-OH is 1. The van der Waals surface area contributed by atoms with E-state index in [1.54, 1.807) is 0 Å². The van der Waals surface area contributed by atoms with E-state index in [1.165, 1.54) is 6.42 Å². The summed E-state index contributed by atoms with van der Waals surface area (Å²) in [6.07, 6.45) is 4.89. The number of carbonyl (C=O) groups excluding carboxylic acids is 1. The molecule has 0 aromatic heterocycles. The first-order chi connectivity index (χ1) is 12.2. The van der Waals surface area contributed by atoms with E-state index in [-0.39, 0.29) is 12.5 Å². The summed E-state index contributed by atoms with van der Waals surface area (Å²) in [7, 11) is 0. The number of nitrogens with one attached hydrogen (secondary N) is 2. The molecule has 1 amide bonds. The summed E-state index contributed by atoms with van der Waals surface area (Å²) in [5, 5.41) is 15.4. The van der Waals surface area contributed by atoms with Crippen LogP contribution in [0.15, 0.2) is 54.6 Å². The Balaban J connectivity index is 1.83. The SMILES string of the molecule is O=C(NCCO)C1(Nc2cccc(-c3ccccc3)c2)CCCCC1. The summed E-state index contributed by atoms with van der Waals surface area (Å²) in [6.45, 7) is 0.262. The smallest absolute Gasteiger partial charge is 0.245 e. The number of hydrogen-bond acceptors (Lipinski definition) is 3. The molecule has 3 rings (SSSR count). The van der Waals surface area contributed by atoms with Crippen LogP contribution < -0.4 is 10.6 Å². The Morgan fingerprint density at radius 1 is 0.960 bits per heavy atom. The van der Waals surface area contributed by atoms with Crippen molar-refractivity contribution in [3.8, 4) is 11.1 Å². The van der Waals surface area contributed by atoms with Crippen LogP contribution >= 0.6 is 0 Å². The highest BCUT2D eigenvalue weighted by Crippen LogP contribution is 2.33. The van der Waals surface area contributed by atoms with Crippen molar-refractivity contribution in [1.29, 1.82) is 0 Å². The molecule has 0 unspecified atom stereocenters. The van der Waals surface area contributed by atoms with E-state index in [0.717, 1.165) is 42.5 Å². The zero-order valence-electron chi connectivity index (χ0n) is 14.5. The summed E-state index contributed by atoms with van der Waals surface area (Å²) in [6, 6.07) is 18.5. The average Bonchev–Trinajstić information content (AvgIpc) is 2.67. The van der Waals surface area contributed by atoms with Gasteiger partial charge in [0, 0.05) is 12.2 Å². The molecule has 0 aliphatic heterocycles. The number of rotatable bonds is 6. The Labute approximate surface area is 149 Å². The molecule has 0 spiro atoms. The normalized spacial score (nSPS) is 16.2. The fourth-order valence-corrected chi connectivity index (χ4v) is 3.59. The monoisotopic (exact) mass is 338 g/mol. The molecule has 4 nitrogen and oxygen atoms in total. The molecule has 0 heterocycles. The average molecular weight is 338 g/mol. The molecule has 3 N–H and O–H groups in total. The maximum Gasteiger partial charge on any atom is 0.245 e. The standard InChI is InChI=1S/C21H26N2O2/c24-15-14-22-20(25)21(12-5-2-6-13-21)23-19-11-7-10-18(16-19)17-8-3-1-4-9-17/h1,3-4,7-11,16,23-24H,2,5-6,12-15H2,(H,22,25). The Kier molecular flexibility index (Phi) is 5.71. The molecule has 1 aliphatic rings. The minimum Gasteiger partial charge on any atom is -0.395 e. The second-order valence-corrected chi connectivity index (χ2v) is 6.69. The van der Waals surface area contributed by atoms with Gasteiger partial charge in [-0.25, -0.2) is 0 Å². The van der Waals surface area contributed by atoms with Gasteiger partial charge in [0.15, 0.2) is 0 Å². The maximum atomic E-state index is 12.8. The topological polar surface area (TPSA) is 61.4 Å². The van der Waals surface area contributed by atoms with Crippen molar-refractivity contribution in [2.45, 2.75) is 37.6 Å². The fraction of sp³-hybridized carbons (Fsp3) is 0.381. The molecule has 0 radical (unpaired) electrons. The van der Waals surface area contributed by atoms with Gasteiger partial charge in [0.05, 0.1) is 6.61 Å². The van der Waals surface area contributed by atoms with Crippen LogP contribution in [-0.4, -0.2) is 29.7 Å². The molecule has 1 saturated carbocycles. The Morgan fingerprint density at radius 3 is 2.40 bits per heavy atom. The first-order valence-electron chi connectivity index (χ1n) is 9.06. The van der Waals surface area contributed by atoms with Gasteiger partial charge in [0.25, 0.3) is 0 Å². The predicted octanol–water partition coefficient (Wildman–Crippen LogP) is 3.58. The van der Waals surface area contributed by atoms with Crippen LogP contribution in [0.25, 0.3) is 11.1 Å². The predicted molar refractivity (Wildman–Crippen MR) is 101 cm³/mol. The third-order valence-corrected chi connectivity index (χ3v) is 4.89. The van der Waals surface area contributed by atoms with Gasteiger partial charge in [-0.15, -0.1) is 0 Å². The Hall–Kier alpha value is -2.33. The van der Waals surface area contributed by atoms with Crippen LogP contribution in [-0.2, 0) is 4.79 Å². The van der Waals surface area contributed by atoms with Crippen molar-refractivity contribution in [3.63, 3.8) is 0 Å². The molecule has 2 aromatic carbocycles. The number of aliphatic hydroxyl groups is 1. The number of hydrogen-bond donors (Lipinski definition) is 3. The summed E-state index contributed by atoms with van der Waals surface area (Å²) < 4.78 is 0. The molecule has 0 saturated heterocycles. The summed E-state index contributed by atoms with van der Waals surface area (Å²) >= 11 is 0. The summed E-state index contributed by atoms with van der Waals surface area (Å²) in [5.41, 5.74) is 2.67. The molecule has 1 fully saturated rings. The zero-order chi connectivity index (χ0) is 17.5. The molecule has 2 aromatic rings. The van der Waals surface area contributed by atoms with Gasteiger partial charge >= 0.3 is 0 Å². The minimum absolute atomic E-state index is 0.00800. The highest BCUT2D eigenvalue weighted by molar-refractivity contribution is 5.89. The van der Waals surface area contributed by atoms with Crippen LogP contribution in [0, 0.1) is 0 Å². The van der Waals surface area contributed by atoms with Crippen molar-refractivity contribution >= 4 is 11.6 Å². The van der Waals surface area contributed by atoms with Crippen molar-refractivity contribution in [3.05, 3.63) is 54.6 Å². The molecule has 25 heavy (non-hydrogen) atoms. The largest absolute Gasteiger partial charge is 0.395 e. The van der Waals surface area contributed by atoms with Gasteiger partial charge in [0.1, 0.15) is 5.54 Å². The second-order valence-electron chi connectivity index (χ2n) is 6.69. The number of benzene rings is 2. The lowest BCUT2D eigenvalue weighted by molar-refractivity contribution is -0.126. The third-order valence-electron chi connectivity index (χ3n) is 4.89. The molecule has 1 aliphatic carbocycles. The van der Waals surface area contributed by atoms with E-state index in [1.807, 2.05) is 30.3 Å². The van der Waals surface area contributed by atoms with Gasteiger partial charge < -0.3 is 15.7 Å². The number of amides is 1. The first-order valence-corrected chi connectivity index (χ1v) is 9.06. The molecular weight excluding hydrogens is 312 g/mol. The fourth-order valence-electron chi connectivity index (χ4n) is 3.59. The van der Waals surface area contributed by atoms with Gasteiger partial charge in [0.2, 0.25) is 5.91 Å². The van der Waals surface area contributed by atoms with E-state index in [0.29, 0.717) is 6.54 Å². The van der Waals surface area contributed by atoms with Crippen LogP contribution in [0.4, 0.5) is 5.69 Å². The quantitative estimate of drug-likeness (QED) is 0.754. The van der Waals surface area contributed by atoms with Crippen LogP contribution in [0.3, 0.4) is 0 Å². The van der Waals surface area contributed by atoms with Crippen molar-refractivity contribution in [2.75, 3.05) is 18.5 Å². The second kappa shape index (κ2) is 8.17. The molecular formula is C21H26N2O2. The van der Waals surface area contributed by atoms with Crippen molar-refractivity contribution in [2.24, 2.45) is 0 Å². The van der Waals surface area contributed by atoms with Crippen molar-refractivity contribution in [1.82, 2.24) is 5.32 Å². The lowest BCUT2D eigenvalue weighted by Crippen LogP contribution is -2.54. The molecule has 0 bridgehead atoms. The van der Waals surface area contributed by atoms with Gasteiger partial charge in [-0.05, 0) is 36.1 Å². The van der Waals surface area contributed by atoms with E-state index in [4.69, 9.17) is 5.11 Å². The summed E-state index contributed by atoms with van der Waals surface area (Å²) in [5.74, 6) is -0.00800.